The van der Waals surface area contributed by atoms with Crippen molar-refractivity contribution in [3.8, 4) is 16.9 Å². The fourth-order valence-corrected chi connectivity index (χ4v) is 5.28. The molecule has 1 unspecified atom stereocenters. The van der Waals surface area contributed by atoms with Gasteiger partial charge in [-0.15, -0.1) is 5.10 Å². The van der Waals surface area contributed by atoms with Crippen LogP contribution in [0.3, 0.4) is 0 Å². The zero-order valence-corrected chi connectivity index (χ0v) is 22.6. The number of amidine groups is 1. The summed E-state index contributed by atoms with van der Waals surface area (Å²) in [6, 6.07) is 26.0. The summed E-state index contributed by atoms with van der Waals surface area (Å²) in [5.74, 6) is -0.0437. The number of rotatable bonds is 9. The number of para-hydroxylation sites is 1. The number of hydrogen-bond acceptors (Lipinski definition) is 5. The van der Waals surface area contributed by atoms with E-state index < -0.39 is 0 Å². The number of amides is 1. The maximum Gasteiger partial charge on any atom is 0.239 e. The summed E-state index contributed by atoms with van der Waals surface area (Å²) in [6.45, 7) is 2.20. The minimum Gasteiger partial charge on any atom is -0.303 e. The highest BCUT2D eigenvalue weighted by Gasteiger charge is 2.30. The molecule has 1 atom stereocenters. The highest BCUT2D eigenvalue weighted by Crippen LogP contribution is 2.26. The van der Waals surface area contributed by atoms with Crippen molar-refractivity contribution < 1.29 is 4.79 Å². The van der Waals surface area contributed by atoms with Crippen LogP contribution in [0.2, 0.25) is 5.02 Å². The van der Waals surface area contributed by atoms with Crippen molar-refractivity contribution in [2.75, 3.05) is 0 Å². The molecule has 0 spiro atoms. The predicted octanol–water partition coefficient (Wildman–Crippen LogP) is 6.70. The molecule has 1 N–H and O–H groups in total. The predicted molar refractivity (Wildman–Crippen MR) is 157 cm³/mol. The number of thioether (sulfide) groups is 1. The molecular formula is C30H28ClN5OS. The highest BCUT2D eigenvalue weighted by molar-refractivity contribution is 8.15. The second kappa shape index (κ2) is 12.2. The van der Waals surface area contributed by atoms with Gasteiger partial charge in [-0.05, 0) is 54.7 Å². The van der Waals surface area contributed by atoms with Gasteiger partial charge in [0.15, 0.2) is 5.17 Å². The van der Waals surface area contributed by atoms with E-state index in [-0.39, 0.29) is 11.2 Å². The number of unbranched alkanes of at least 4 members (excludes halogenated alkanes) is 1. The van der Waals surface area contributed by atoms with E-state index in [2.05, 4.69) is 46.7 Å². The first-order valence-electron chi connectivity index (χ1n) is 12.7. The smallest absolute Gasteiger partial charge is 0.239 e. The van der Waals surface area contributed by atoms with Crippen LogP contribution in [0.25, 0.3) is 16.9 Å². The molecule has 0 saturated carbocycles. The molecule has 0 bridgehead atoms. The average Bonchev–Trinajstić information content (AvgIpc) is 3.52. The van der Waals surface area contributed by atoms with Crippen LogP contribution in [0.1, 0.15) is 36.5 Å². The normalized spacial score (nSPS) is 16.4. The Morgan fingerprint density at radius 2 is 1.76 bits per heavy atom. The SMILES string of the molecule is CCCCc1ccc(CC2S/C(=N/N=C/c3cn(-c4ccccc4)nc3-c3ccc(Cl)cc3)NC2=O)cc1. The lowest BCUT2D eigenvalue weighted by molar-refractivity contribution is -0.118. The monoisotopic (exact) mass is 541 g/mol. The average molecular weight is 542 g/mol. The summed E-state index contributed by atoms with van der Waals surface area (Å²) >= 11 is 7.50. The van der Waals surface area contributed by atoms with Crippen molar-refractivity contribution in [1.82, 2.24) is 15.1 Å². The van der Waals surface area contributed by atoms with Gasteiger partial charge in [-0.2, -0.15) is 10.2 Å². The molecule has 1 amide bonds. The van der Waals surface area contributed by atoms with Crippen molar-refractivity contribution in [3.63, 3.8) is 0 Å². The second-order valence-electron chi connectivity index (χ2n) is 9.09. The molecule has 6 nitrogen and oxygen atoms in total. The lowest BCUT2D eigenvalue weighted by Crippen LogP contribution is -2.25. The molecule has 3 aromatic carbocycles. The van der Waals surface area contributed by atoms with E-state index in [9.17, 15) is 4.79 Å². The van der Waals surface area contributed by atoms with E-state index in [1.807, 2.05) is 65.5 Å². The third kappa shape index (κ3) is 6.41. The Bertz CT molecular complexity index is 1450. The quantitative estimate of drug-likeness (QED) is 0.189. The molecule has 5 rings (SSSR count). The second-order valence-corrected chi connectivity index (χ2v) is 10.7. The van der Waals surface area contributed by atoms with Crippen molar-refractivity contribution in [2.24, 2.45) is 10.2 Å². The number of aryl methyl sites for hydroxylation is 1. The number of aromatic nitrogens is 2. The van der Waals surface area contributed by atoms with Gasteiger partial charge < -0.3 is 5.32 Å². The molecule has 1 saturated heterocycles. The molecule has 1 fully saturated rings. The van der Waals surface area contributed by atoms with Gasteiger partial charge in [-0.25, -0.2) is 4.68 Å². The van der Waals surface area contributed by atoms with E-state index >= 15 is 0 Å². The minimum absolute atomic E-state index is 0.0437. The Hall–Kier alpha value is -3.68. The van der Waals surface area contributed by atoms with Crippen LogP contribution in [0.4, 0.5) is 0 Å². The number of nitrogens with zero attached hydrogens (tertiary/aromatic N) is 4. The largest absolute Gasteiger partial charge is 0.303 e. The van der Waals surface area contributed by atoms with E-state index in [4.69, 9.17) is 16.7 Å². The van der Waals surface area contributed by atoms with Crippen molar-refractivity contribution >= 4 is 40.7 Å². The minimum atomic E-state index is -0.226. The highest BCUT2D eigenvalue weighted by atomic mass is 35.5. The summed E-state index contributed by atoms with van der Waals surface area (Å²) in [4.78, 5) is 12.6. The van der Waals surface area contributed by atoms with Crippen LogP contribution >= 0.6 is 23.4 Å². The van der Waals surface area contributed by atoms with Crippen molar-refractivity contribution in [1.29, 1.82) is 0 Å². The fourth-order valence-electron chi connectivity index (χ4n) is 4.19. The fraction of sp³-hybridized carbons (Fsp3) is 0.200. The standard InChI is InChI=1S/C30H28ClN5OS/c1-2-3-7-21-10-12-22(13-11-21)18-27-29(37)33-30(38-27)34-32-19-24-20-36(26-8-5-4-6-9-26)35-28(24)23-14-16-25(31)17-15-23/h4-6,8-17,19-20,27H,2-3,7,18H2,1H3,(H,33,34,37)/b32-19+. The molecule has 2 heterocycles. The molecule has 192 valence electrons. The Morgan fingerprint density at radius 1 is 1.03 bits per heavy atom. The van der Waals surface area contributed by atoms with Crippen molar-refractivity contribution in [2.45, 2.75) is 37.9 Å². The van der Waals surface area contributed by atoms with E-state index in [0.717, 1.165) is 34.5 Å². The number of nitrogens with one attached hydrogen (secondary N) is 1. The van der Waals surface area contributed by atoms with Crippen LogP contribution in [0.15, 0.2) is 95.3 Å². The van der Waals surface area contributed by atoms with Crippen molar-refractivity contribution in [3.05, 3.63) is 107 Å². The Kier molecular flexibility index (Phi) is 8.36. The van der Waals surface area contributed by atoms with Crippen LogP contribution in [-0.4, -0.2) is 32.3 Å². The van der Waals surface area contributed by atoms with Crippen LogP contribution < -0.4 is 5.32 Å². The summed E-state index contributed by atoms with van der Waals surface area (Å²) < 4.78 is 1.81. The van der Waals surface area contributed by atoms with Gasteiger partial charge >= 0.3 is 0 Å². The third-order valence-electron chi connectivity index (χ3n) is 6.27. The number of benzene rings is 3. The topological polar surface area (TPSA) is 71.6 Å². The van der Waals surface area contributed by atoms with Crippen LogP contribution in [0, 0.1) is 0 Å². The molecule has 1 aromatic heterocycles. The Balaban J connectivity index is 1.31. The van der Waals surface area contributed by atoms with Gasteiger partial charge in [0.1, 0.15) is 5.69 Å². The zero-order valence-electron chi connectivity index (χ0n) is 21.0. The molecule has 0 radical (unpaired) electrons. The summed E-state index contributed by atoms with van der Waals surface area (Å²) in [5, 5.41) is 17.2. The van der Waals surface area contributed by atoms with E-state index in [1.54, 1.807) is 6.21 Å². The maximum atomic E-state index is 12.6. The zero-order chi connectivity index (χ0) is 26.3. The first kappa shape index (κ1) is 25.9. The first-order chi connectivity index (χ1) is 18.6. The third-order valence-corrected chi connectivity index (χ3v) is 7.59. The molecule has 0 aliphatic carbocycles. The molecule has 4 aromatic rings. The molecule has 38 heavy (non-hydrogen) atoms. The number of hydrogen-bond donors (Lipinski definition) is 1. The molecular weight excluding hydrogens is 514 g/mol. The summed E-state index contributed by atoms with van der Waals surface area (Å²) in [7, 11) is 0. The molecule has 8 heteroatoms. The van der Waals surface area contributed by atoms with Gasteiger partial charge in [0, 0.05) is 22.3 Å². The van der Waals surface area contributed by atoms with Gasteiger partial charge in [-0.1, -0.05) is 91.3 Å². The van der Waals surface area contributed by atoms with Gasteiger partial charge in [0.25, 0.3) is 0 Å². The van der Waals surface area contributed by atoms with Gasteiger partial charge in [0.05, 0.1) is 17.2 Å². The number of carbonyl (C=O) groups excluding carboxylic acids is 1. The first-order valence-corrected chi connectivity index (χ1v) is 13.9. The van der Waals surface area contributed by atoms with E-state index in [0.29, 0.717) is 16.6 Å². The number of carbonyl (C=O) groups is 1. The van der Waals surface area contributed by atoms with Crippen LogP contribution in [0.5, 0.6) is 0 Å². The van der Waals surface area contributed by atoms with Crippen LogP contribution in [-0.2, 0) is 17.6 Å². The lowest BCUT2D eigenvalue weighted by Gasteiger charge is -2.06. The molecule has 1 aliphatic rings. The van der Waals surface area contributed by atoms with E-state index in [1.165, 1.54) is 30.2 Å². The Labute approximate surface area is 231 Å². The lowest BCUT2D eigenvalue weighted by atomic mass is 10.0. The summed E-state index contributed by atoms with van der Waals surface area (Å²) in [6.07, 6.45) is 7.69. The maximum absolute atomic E-state index is 12.6. The van der Waals surface area contributed by atoms with Gasteiger partial charge in [0.2, 0.25) is 5.91 Å². The summed E-state index contributed by atoms with van der Waals surface area (Å²) in [5.41, 5.74) is 5.90. The molecule has 1 aliphatic heterocycles. The van der Waals surface area contributed by atoms with Gasteiger partial charge in [-0.3, -0.25) is 4.79 Å². The Morgan fingerprint density at radius 3 is 2.50 bits per heavy atom. The number of halogens is 1.